The highest BCUT2D eigenvalue weighted by atomic mass is 16.5. The van der Waals surface area contributed by atoms with Crippen LogP contribution in [0, 0.1) is 11.3 Å². The molecule has 0 atom stereocenters. The van der Waals surface area contributed by atoms with E-state index in [0.29, 0.717) is 17.3 Å². The summed E-state index contributed by atoms with van der Waals surface area (Å²) in [6.07, 6.45) is 1.18. The molecule has 30 heavy (non-hydrogen) atoms. The van der Waals surface area contributed by atoms with Crippen molar-refractivity contribution in [2.24, 2.45) is 0 Å². The van der Waals surface area contributed by atoms with E-state index in [1.165, 1.54) is 5.56 Å². The molecular weight excluding hydrogens is 380 g/mol. The number of rotatable bonds is 8. The summed E-state index contributed by atoms with van der Waals surface area (Å²) in [6, 6.07) is 17.4. The molecule has 152 valence electrons. The van der Waals surface area contributed by atoms with Crippen LogP contribution in [0.4, 0.5) is 0 Å². The largest absolute Gasteiger partial charge is 0.504 e. The lowest BCUT2D eigenvalue weighted by atomic mass is 9.98. The van der Waals surface area contributed by atoms with Gasteiger partial charge >= 0.3 is 5.97 Å². The van der Waals surface area contributed by atoms with Crippen molar-refractivity contribution >= 4 is 22.7 Å². The fourth-order valence-electron chi connectivity index (χ4n) is 3.34. The Balaban J connectivity index is 1.96. The maximum atomic E-state index is 12.6. The van der Waals surface area contributed by atoms with E-state index < -0.39 is 17.5 Å². The Bertz CT molecular complexity index is 1120. The number of esters is 1. The quantitative estimate of drug-likeness (QED) is 0.449. The first-order valence-electron chi connectivity index (χ1n) is 9.82. The Morgan fingerprint density at radius 2 is 1.83 bits per heavy atom. The normalized spacial score (nSPS) is 10.5. The SMILES string of the molecule is CCOC(=O)CCC(=O)c1nc2c(CCc3ccccc3)cccc2c(C#N)c1O. The topological polar surface area (TPSA) is 100 Å². The van der Waals surface area contributed by atoms with Crippen LogP contribution in [0.15, 0.2) is 48.5 Å². The number of carbonyl (C=O) groups excluding carboxylic acids is 2. The summed E-state index contributed by atoms with van der Waals surface area (Å²) in [5.41, 5.74) is 2.39. The van der Waals surface area contributed by atoms with E-state index in [1.807, 2.05) is 48.5 Å². The van der Waals surface area contributed by atoms with Crippen LogP contribution in [-0.4, -0.2) is 28.4 Å². The fourth-order valence-corrected chi connectivity index (χ4v) is 3.34. The molecule has 0 saturated carbocycles. The number of benzene rings is 2. The molecule has 1 N–H and O–H groups in total. The minimum atomic E-state index is -0.503. The Morgan fingerprint density at radius 3 is 2.53 bits per heavy atom. The van der Waals surface area contributed by atoms with Crippen LogP contribution in [0.1, 0.15) is 46.9 Å². The van der Waals surface area contributed by atoms with Crippen LogP contribution in [0.25, 0.3) is 10.9 Å². The monoisotopic (exact) mass is 402 g/mol. The summed E-state index contributed by atoms with van der Waals surface area (Å²) in [4.78, 5) is 28.6. The highest BCUT2D eigenvalue weighted by Gasteiger charge is 2.22. The van der Waals surface area contributed by atoms with E-state index in [4.69, 9.17) is 4.74 Å². The average Bonchev–Trinajstić information content (AvgIpc) is 2.76. The Hall–Kier alpha value is -3.72. The fraction of sp³-hybridized carbons (Fsp3) is 0.250. The molecule has 1 heterocycles. The number of nitriles is 1. The van der Waals surface area contributed by atoms with E-state index in [-0.39, 0.29) is 30.7 Å². The zero-order valence-electron chi connectivity index (χ0n) is 16.7. The summed E-state index contributed by atoms with van der Waals surface area (Å²) in [5, 5.41) is 20.6. The number of nitrogens with zero attached hydrogens (tertiary/aromatic N) is 2. The number of Topliss-reactive ketones (excluding diaryl/α,β-unsaturated/α-hetero) is 1. The maximum absolute atomic E-state index is 12.6. The molecule has 0 aliphatic heterocycles. The Kier molecular flexibility index (Phi) is 6.76. The highest BCUT2D eigenvalue weighted by Crippen LogP contribution is 2.31. The molecule has 0 radical (unpaired) electrons. The van der Waals surface area contributed by atoms with E-state index >= 15 is 0 Å². The number of pyridine rings is 1. The number of ketones is 1. The van der Waals surface area contributed by atoms with Crippen molar-refractivity contribution in [2.75, 3.05) is 6.61 Å². The number of ether oxygens (including phenoxy) is 1. The second-order valence-corrected chi connectivity index (χ2v) is 6.82. The summed E-state index contributed by atoms with van der Waals surface area (Å²) >= 11 is 0. The van der Waals surface area contributed by atoms with Crippen molar-refractivity contribution < 1.29 is 19.4 Å². The second-order valence-electron chi connectivity index (χ2n) is 6.82. The minimum Gasteiger partial charge on any atom is -0.504 e. The first kappa shape index (κ1) is 21.0. The molecule has 6 heteroatoms. The van der Waals surface area contributed by atoms with Gasteiger partial charge in [0.25, 0.3) is 0 Å². The number of aromatic nitrogens is 1. The molecule has 0 unspecified atom stereocenters. The minimum absolute atomic E-state index is 0.0149. The molecular formula is C24H22N2O4. The standard InChI is InChI=1S/C24H22N2O4/c1-2-30-21(28)14-13-20(27)23-24(29)19(15-25)18-10-6-9-17(22(18)26-23)12-11-16-7-4-3-5-8-16/h3-10,29H,2,11-14H2,1H3. The maximum Gasteiger partial charge on any atom is 0.306 e. The number of fused-ring (bicyclic) bond motifs is 1. The van der Waals surface area contributed by atoms with E-state index in [9.17, 15) is 20.0 Å². The zero-order valence-corrected chi connectivity index (χ0v) is 16.7. The van der Waals surface area contributed by atoms with Gasteiger partial charge in [-0.3, -0.25) is 9.59 Å². The lowest BCUT2D eigenvalue weighted by Crippen LogP contribution is -2.10. The first-order chi connectivity index (χ1) is 14.5. The van der Waals surface area contributed by atoms with Crippen LogP contribution in [-0.2, 0) is 22.4 Å². The van der Waals surface area contributed by atoms with E-state index in [1.54, 1.807) is 13.0 Å². The molecule has 0 amide bonds. The number of hydrogen-bond donors (Lipinski definition) is 1. The molecule has 0 spiro atoms. The molecule has 6 nitrogen and oxygen atoms in total. The Morgan fingerprint density at radius 1 is 1.07 bits per heavy atom. The summed E-state index contributed by atoms with van der Waals surface area (Å²) < 4.78 is 4.84. The van der Waals surface area contributed by atoms with Crippen LogP contribution in [0.2, 0.25) is 0 Å². The van der Waals surface area contributed by atoms with Gasteiger partial charge in [0, 0.05) is 11.8 Å². The van der Waals surface area contributed by atoms with Crippen LogP contribution in [0.3, 0.4) is 0 Å². The third-order valence-electron chi connectivity index (χ3n) is 4.84. The molecule has 3 rings (SSSR count). The summed E-state index contributed by atoms with van der Waals surface area (Å²) in [7, 11) is 0. The third-order valence-corrected chi connectivity index (χ3v) is 4.84. The molecule has 3 aromatic rings. The van der Waals surface area contributed by atoms with Crippen molar-refractivity contribution in [2.45, 2.75) is 32.6 Å². The first-order valence-corrected chi connectivity index (χ1v) is 9.82. The van der Waals surface area contributed by atoms with Crippen molar-refractivity contribution in [3.05, 3.63) is 70.9 Å². The number of para-hydroxylation sites is 1. The van der Waals surface area contributed by atoms with Gasteiger partial charge in [-0.15, -0.1) is 0 Å². The van der Waals surface area contributed by atoms with E-state index in [2.05, 4.69) is 4.98 Å². The van der Waals surface area contributed by atoms with Gasteiger partial charge < -0.3 is 9.84 Å². The van der Waals surface area contributed by atoms with Gasteiger partial charge in [0.2, 0.25) is 0 Å². The zero-order chi connectivity index (χ0) is 21.5. The molecule has 0 saturated heterocycles. The highest BCUT2D eigenvalue weighted by molar-refractivity contribution is 6.02. The van der Waals surface area contributed by atoms with Crippen LogP contribution < -0.4 is 0 Å². The van der Waals surface area contributed by atoms with Crippen molar-refractivity contribution in [1.29, 1.82) is 5.26 Å². The molecule has 0 fully saturated rings. The van der Waals surface area contributed by atoms with Crippen molar-refractivity contribution in [3.8, 4) is 11.8 Å². The predicted octanol–water partition coefficient (Wildman–Crippen LogP) is 4.12. The van der Waals surface area contributed by atoms with Gasteiger partial charge in [0.05, 0.1) is 18.5 Å². The Labute approximate surface area is 174 Å². The second kappa shape index (κ2) is 9.66. The lowest BCUT2D eigenvalue weighted by molar-refractivity contribution is -0.143. The van der Waals surface area contributed by atoms with Gasteiger partial charge in [-0.1, -0.05) is 48.5 Å². The smallest absolute Gasteiger partial charge is 0.306 e. The average molecular weight is 402 g/mol. The summed E-state index contributed by atoms with van der Waals surface area (Å²) in [6.45, 7) is 1.92. The van der Waals surface area contributed by atoms with Crippen LogP contribution in [0.5, 0.6) is 5.75 Å². The van der Waals surface area contributed by atoms with Gasteiger partial charge in [0.1, 0.15) is 17.3 Å². The number of aromatic hydroxyl groups is 1. The molecule has 2 aromatic carbocycles. The van der Waals surface area contributed by atoms with E-state index in [0.717, 1.165) is 12.0 Å². The van der Waals surface area contributed by atoms with Gasteiger partial charge in [-0.25, -0.2) is 4.98 Å². The van der Waals surface area contributed by atoms with Crippen molar-refractivity contribution in [1.82, 2.24) is 4.98 Å². The molecule has 0 aliphatic carbocycles. The predicted molar refractivity (Wildman–Crippen MR) is 112 cm³/mol. The lowest BCUT2D eigenvalue weighted by Gasteiger charge is -2.11. The number of aryl methyl sites for hydroxylation is 2. The molecule has 0 aliphatic rings. The number of hydrogen-bond acceptors (Lipinski definition) is 6. The molecule has 0 bridgehead atoms. The van der Waals surface area contributed by atoms with Gasteiger partial charge in [0.15, 0.2) is 11.5 Å². The van der Waals surface area contributed by atoms with Crippen molar-refractivity contribution in [3.63, 3.8) is 0 Å². The third kappa shape index (κ3) is 4.64. The van der Waals surface area contributed by atoms with Crippen LogP contribution >= 0.6 is 0 Å². The number of carbonyl (C=O) groups is 2. The van der Waals surface area contributed by atoms with Gasteiger partial charge in [-0.2, -0.15) is 5.26 Å². The molecule has 1 aromatic heterocycles. The summed E-state index contributed by atoms with van der Waals surface area (Å²) in [5.74, 6) is -1.44. The van der Waals surface area contributed by atoms with Gasteiger partial charge in [-0.05, 0) is 30.9 Å².